The molecule has 0 aliphatic carbocycles. The first-order valence-electron chi connectivity index (χ1n) is 12.9. The second-order valence-corrected chi connectivity index (χ2v) is 8.45. The van der Waals surface area contributed by atoms with E-state index in [4.69, 9.17) is 23.7 Å². The monoisotopic (exact) mass is 563 g/mol. The van der Waals surface area contributed by atoms with Gasteiger partial charge in [0.05, 0.1) is 45.8 Å². The van der Waals surface area contributed by atoms with Crippen LogP contribution in [0.3, 0.4) is 0 Å². The van der Waals surface area contributed by atoms with E-state index in [0.717, 1.165) is 6.42 Å². The molecule has 0 radical (unpaired) electrons. The molecule has 3 aromatic carbocycles. The van der Waals surface area contributed by atoms with E-state index in [1.165, 1.54) is 26.5 Å². The molecule has 0 bridgehead atoms. The molecule has 2 N–H and O–H groups in total. The maximum atomic E-state index is 12.7. The Morgan fingerprint density at radius 1 is 0.805 bits per heavy atom. The maximum absolute atomic E-state index is 12.7. The Labute approximate surface area is 238 Å². The average molecular weight is 564 g/mol. The minimum atomic E-state index is -0.545. The lowest BCUT2D eigenvalue weighted by atomic mass is 10.2. The lowest BCUT2D eigenvalue weighted by Gasteiger charge is -2.12. The summed E-state index contributed by atoms with van der Waals surface area (Å²) in [6, 6.07) is 16.2. The van der Waals surface area contributed by atoms with Gasteiger partial charge >= 0.3 is 5.97 Å². The van der Waals surface area contributed by atoms with Crippen LogP contribution in [0.1, 0.15) is 46.5 Å². The van der Waals surface area contributed by atoms with Crippen LogP contribution in [0.15, 0.2) is 65.8 Å². The molecule has 2 amide bonds. The topological polar surface area (TPSA) is 134 Å². The van der Waals surface area contributed by atoms with Crippen molar-refractivity contribution in [3.05, 3.63) is 77.4 Å². The van der Waals surface area contributed by atoms with Crippen molar-refractivity contribution in [2.75, 3.05) is 34.0 Å². The molecule has 0 aliphatic heterocycles. The molecule has 0 saturated carbocycles. The fraction of sp³-hybridized carbons (Fsp3) is 0.267. The Bertz CT molecular complexity index is 1370. The van der Waals surface area contributed by atoms with Crippen LogP contribution in [0.4, 0.5) is 0 Å². The summed E-state index contributed by atoms with van der Waals surface area (Å²) in [5, 5.41) is 6.44. The van der Waals surface area contributed by atoms with Crippen LogP contribution in [0.25, 0.3) is 0 Å². The van der Waals surface area contributed by atoms with Crippen molar-refractivity contribution < 1.29 is 38.1 Å². The van der Waals surface area contributed by atoms with E-state index in [9.17, 15) is 14.4 Å². The minimum Gasteiger partial charge on any atom is -0.494 e. The molecule has 11 nitrogen and oxygen atoms in total. The van der Waals surface area contributed by atoms with Crippen LogP contribution in [0.5, 0.6) is 28.7 Å². The molecular weight excluding hydrogens is 530 g/mol. The number of hydrazone groups is 1. The van der Waals surface area contributed by atoms with Crippen molar-refractivity contribution in [3.63, 3.8) is 0 Å². The number of hydrogen-bond donors (Lipinski definition) is 2. The van der Waals surface area contributed by atoms with Crippen LogP contribution < -0.4 is 34.4 Å². The first-order chi connectivity index (χ1) is 19.9. The number of carbonyl (C=O) groups is 3. The third-order valence-electron chi connectivity index (χ3n) is 5.49. The Morgan fingerprint density at radius 3 is 2.20 bits per heavy atom. The van der Waals surface area contributed by atoms with Gasteiger partial charge in [0.2, 0.25) is 0 Å². The van der Waals surface area contributed by atoms with E-state index in [0.29, 0.717) is 52.9 Å². The fourth-order valence-corrected chi connectivity index (χ4v) is 3.48. The zero-order valence-electron chi connectivity index (χ0n) is 23.4. The van der Waals surface area contributed by atoms with Gasteiger partial charge in [-0.25, -0.2) is 10.2 Å². The van der Waals surface area contributed by atoms with Crippen molar-refractivity contribution in [1.82, 2.24) is 10.7 Å². The molecular formula is C30H33N3O8. The van der Waals surface area contributed by atoms with Gasteiger partial charge in [-0.2, -0.15) is 5.10 Å². The fourth-order valence-electron chi connectivity index (χ4n) is 3.48. The SMILES string of the molecule is CCCOc1ccc(C(=O)Oc2ccc(/C=N/NC(=O)CNC(=O)c3ccc(OC)c(OC)c3)cc2OCC)cc1. The molecule has 0 aliphatic rings. The third-order valence-corrected chi connectivity index (χ3v) is 5.49. The van der Waals surface area contributed by atoms with Gasteiger partial charge in [0.15, 0.2) is 23.0 Å². The predicted molar refractivity (Wildman–Crippen MR) is 152 cm³/mol. The van der Waals surface area contributed by atoms with Gasteiger partial charge in [-0.15, -0.1) is 0 Å². The quantitative estimate of drug-likeness (QED) is 0.130. The molecule has 0 atom stereocenters. The summed E-state index contributed by atoms with van der Waals surface area (Å²) in [6.07, 6.45) is 2.29. The summed E-state index contributed by atoms with van der Waals surface area (Å²) in [4.78, 5) is 37.2. The van der Waals surface area contributed by atoms with E-state index >= 15 is 0 Å². The lowest BCUT2D eigenvalue weighted by Crippen LogP contribution is -2.34. The summed E-state index contributed by atoms with van der Waals surface area (Å²) in [5.41, 5.74) is 3.60. The molecule has 0 heterocycles. The second-order valence-electron chi connectivity index (χ2n) is 8.45. The number of benzene rings is 3. The van der Waals surface area contributed by atoms with Crippen LogP contribution in [-0.2, 0) is 4.79 Å². The highest BCUT2D eigenvalue weighted by Crippen LogP contribution is 2.29. The van der Waals surface area contributed by atoms with Gasteiger partial charge in [0, 0.05) is 5.56 Å². The molecule has 3 rings (SSSR count). The molecule has 11 heteroatoms. The summed E-state index contributed by atoms with van der Waals surface area (Å²) < 4.78 is 27.1. The van der Waals surface area contributed by atoms with Crippen molar-refractivity contribution >= 4 is 24.0 Å². The summed E-state index contributed by atoms with van der Waals surface area (Å²) >= 11 is 0. The first kappa shape index (κ1) is 30.5. The van der Waals surface area contributed by atoms with Crippen molar-refractivity contribution in [3.8, 4) is 28.7 Å². The van der Waals surface area contributed by atoms with Gasteiger partial charge in [0.1, 0.15) is 5.75 Å². The maximum Gasteiger partial charge on any atom is 0.343 e. The molecule has 3 aromatic rings. The smallest absolute Gasteiger partial charge is 0.343 e. The molecule has 216 valence electrons. The summed E-state index contributed by atoms with van der Waals surface area (Å²) in [5.74, 6) is 0.592. The number of nitrogens with one attached hydrogen (secondary N) is 2. The molecule has 0 aromatic heterocycles. The molecule has 41 heavy (non-hydrogen) atoms. The number of methoxy groups -OCH3 is 2. The van der Waals surface area contributed by atoms with Gasteiger partial charge in [-0.05, 0) is 79.6 Å². The number of nitrogens with zero attached hydrogens (tertiary/aromatic N) is 1. The lowest BCUT2D eigenvalue weighted by molar-refractivity contribution is -0.120. The largest absolute Gasteiger partial charge is 0.494 e. The molecule has 0 spiro atoms. The Kier molecular flexibility index (Phi) is 11.5. The first-order valence-corrected chi connectivity index (χ1v) is 12.9. The standard InChI is InChI=1S/C30H33N3O8/c1-5-15-40-23-11-8-21(9-12-23)30(36)41-25-13-7-20(16-27(25)39-6-2)18-32-33-28(34)19-31-29(35)22-10-14-24(37-3)26(17-22)38-4/h7-14,16-18H,5-6,15,19H2,1-4H3,(H,31,35)(H,33,34)/b32-18+. The van der Waals surface area contributed by atoms with Crippen LogP contribution in [0, 0.1) is 0 Å². The normalized spacial score (nSPS) is 10.5. The molecule has 0 saturated heterocycles. The summed E-state index contributed by atoms with van der Waals surface area (Å²) in [7, 11) is 2.96. The highest BCUT2D eigenvalue weighted by Gasteiger charge is 2.14. The zero-order valence-corrected chi connectivity index (χ0v) is 23.4. The Balaban J connectivity index is 1.55. The van der Waals surface area contributed by atoms with Gasteiger partial charge in [0.25, 0.3) is 11.8 Å². The number of hydrogen-bond acceptors (Lipinski definition) is 9. The van der Waals surface area contributed by atoms with Gasteiger partial charge < -0.3 is 29.0 Å². The van der Waals surface area contributed by atoms with Crippen LogP contribution >= 0.6 is 0 Å². The summed E-state index contributed by atoms with van der Waals surface area (Å²) in [6.45, 7) is 4.46. The number of amides is 2. The highest BCUT2D eigenvalue weighted by molar-refractivity contribution is 5.97. The Morgan fingerprint density at radius 2 is 1.51 bits per heavy atom. The molecule has 0 fully saturated rings. The van der Waals surface area contributed by atoms with Gasteiger partial charge in [-0.3, -0.25) is 9.59 Å². The van der Waals surface area contributed by atoms with Crippen LogP contribution in [-0.4, -0.2) is 58.0 Å². The number of carbonyl (C=O) groups excluding carboxylic acids is 3. The number of rotatable bonds is 14. The van der Waals surface area contributed by atoms with Gasteiger partial charge in [-0.1, -0.05) is 6.92 Å². The van der Waals surface area contributed by atoms with E-state index in [2.05, 4.69) is 15.8 Å². The third kappa shape index (κ3) is 8.99. The average Bonchev–Trinajstić information content (AvgIpc) is 2.99. The number of ether oxygens (including phenoxy) is 5. The highest BCUT2D eigenvalue weighted by atomic mass is 16.6. The van der Waals surface area contributed by atoms with E-state index in [1.54, 1.807) is 61.5 Å². The van der Waals surface area contributed by atoms with E-state index in [1.807, 2.05) is 6.92 Å². The van der Waals surface area contributed by atoms with Crippen molar-refractivity contribution in [2.24, 2.45) is 5.10 Å². The second kappa shape index (κ2) is 15.5. The van der Waals surface area contributed by atoms with Crippen molar-refractivity contribution in [1.29, 1.82) is 0 Å². The van der Waals surface area contributed by atoms with Crippen LogP contribution in [0.2, 0.25) is 0 Å². The minimum absolute atomic E-state index is 0.238. The molecule has 0 unspecified atom stereocenters. The zero-order chi connectivity index (χ0) is 29.6. The number of esters is 1. The van der Waals surface area contributed by atoms with Crippen molar-refractivity contribution in [2.45, 2.75) is 20.3 Å². The predicted octanol–water partition coefficient (Wildman–Crippen LogP) is 3.99. The van der Waals surface area contributed by atoms with E-state index in [-0.39, 0.29) is 12.3 Å². The Hall–Kier alpha value is -5.06. The van der Waals surface area contributed by atoms with E-state index < -0.39 is 17.8 Å².